The van der Waals surface area contributed by atoms with Gasteiger partial charge in [0.05, 0.1) is 12.3 Å². The normalized spacial score (nSPS) is 10.6. The van der Waals surface area contributed by atoms with Crippen LogP contribution in [0.4, 0.5) is 0 Å². The fraction of sp³-hybridized carbons (Fsp3) is 0.857. The van der Waals surface area contributed by atoms with Crippen molar-refractivity contribution in [2.45, 2.75) is 104 Å². The van der Waals surface area contributed by atoms with Gasteiger partial charge in [-0.3, -0.25) is 4.79 Å². The van der Waals surface area contributed by atoms with Crippen LogP contribution in [0.1, 0.15) is 104 Å². The number of rotatable bonds is 18. The number of carbonyl (C=O) groups excluding carboxylic acids is 1. The minimum Gasteiger partial charge on any atom is -0.497 e. The van der Waals surface area contributed by atoms with Crippen molar-refractivity contribution in [1.29, 1.82) is 0 Å². The fourth-order valence-electron chi connectivity index (χ4n) is 2.81. The molecule has 0 fully saturated rings. The van der Waals surface area contributed by atoms with E-state index in [2.05, 4.69) is 18.8 Å². The SMILES string of the molecule is C=C(C)OCCNC(=O)CCCCCCCCCCCCCCC. The van der Waals surface area contributed by atoms with Gasteiger partial charge in [-0.2, -0.15) is 0 Å². The first-order valence-corrected chi connectivity index (χ1v) is 10.2. The lowest BCUT2D eigenvalue weighted by molar-refractivity contribution is -0.121. The Hall–Kier alpha value is -0.990. The molecule has 3 heteroatoms. The maximum atomic E-state index is 11.6. The number of ether oxygens (including phenoxy) is 1. The van der Waals surface area contributed by atoms with E-state index in [1.807, 2.05) is 6.92 Å². The van der Waals surface area contributed by atoms with Crippen molar-refractivity contribution in [3.05, 3.63) is 12.3 Å². The molecule has 0 spiro atoms. The molecule has 142 valence electrons. The molecule has 0 unspecified atom stereocenters. The van der Waals surface area contributed by atoms with Crippen LogP contribution in [0, 0.1) is 0 Å². The van der Waals surface area contributed by atoms with Gasteiger partial charge in [0.15, 0.2) is 0 Å². The Morgan fingerprint density at radius 1 is 0.833 bits per heavy atom. The summed E-state index contributed by atoms with van der Waals surface area (Å²) in [5, 5.41) is 2.88. The van der Waals surface area contributed by atoms with Gasteiger partial charge in [-0.05, 0) is 13.3 Å². The first-order valence-electron chi connectivity index (χ1n) is 10.2. The van der Waals surface area contributed by atoms with Gasteiger partial charge in [-0.15, -0.1) is 0 Å². The van der Waals surface area contributed by atoms with Crippen LogP contribution in [0.2, 0.25) is 0 Å². The monoisotopic (exact) mass is 339 g/mol. The predicted molar refractivity (Wildman–Crippen MR) is 104 cm³/mol. The number of unbranched alkanes of at least 4 members (excludes halogenated alkanes) is 12. The molecule has 0 aromatic heterocycles. The maximum Gasteiger partial charge on any atom is 0.220 e. The zero-order valence-electron chi connectivity index (χ0n) is 16.3. The Balaban J connectivity index is 3.14. The molecule has 1 amide bonds. The summed E-state index contributed by atoms with van der Waals surface area (Å²) in [5.41, 5.74) is 0. The fourth-order valence-corrected chi connectivity index (χ4v) is 2.81. The summed E-state index contributed by atoms with van der Waals surface area (Å²) in [6.45, 7) is 8.83. The minimum absolute atomic E-state index is 0.142. The molecule has 1 N–H and O–H groups in total. The van der Waals surface area contributed by atoms with Gasteiger partial charge in [-0.1, -0.05) is 90.6 Å². The Bertz CT molecular complexity index is 302. The molecule has 0 aromatic rings. The summed E-state index contributed by atoms with van der Waals surface area (Å²) in [4.78, 5) is 11.6. The van der Waals surface area contributed by atoms with Crippen molar-refractivity contribution < 1.29 is 9.53 Å². The van der Waals surface area contributed by atoms with E-state index in [9.17, 15) is 4.79 Å². The Morgan fingerprint density at radius 2 is 1.29 bits per heavy atom. The van der Waals surface area contributed by atoms with Crippen molar-refractivity contribution >= 4 is 5.91 Å². The van der Waals surface area contributed by atoms with Crippen LogP contribution < -0.4 is 5.32 Å². The topological polar surface area (TPSA) is 38.3 Å². The number of hydrogen-bond donors (Lipinski definition) is 1. The van der Waals surface area contributed by atoms with Crippen LogP contribution in [0.3, 0.4) is 0 Å². The lowest BCUT2D eigenvalue weighted by Gasteiger charge is -2.07. The van der Waals surface area contributed by atoms with Crippen molar-refractivity contribution in [2.24, 2.45) is 0 Å². The Labute approximate surface area is 150 Å². The quantitative estimate of drug-likeness (QED) is 0.241. The molecular weight excluding hydrogens is 298 g/mol. The molecular formula is C21H41NO2. The van der Waals surface area contributed by atoms with Crippen LogP contribution in [-0.4, -0.2) is 19.1 Å². The second kappa shape index (κ2) is 18.4. The standard InChI is InChI=1S/C21H41NO2/c1-4-5-6-7-8-9-10-11-12-13-14-15-16-17-21(23)22-18-19-24-20(2)3/h2,4-19H2,1,3H3,(H,22,23). The van der Waals surface area contributed by atoms with Gasteiger partial charge in [0.1, 0.15) is 6.61 Å². The molecule has 0 radical (unpaired) electrons. The predicted octanol–water partition coefficient (Wildman–Crippen LogP) is 6.13. The van der Waals surface area contributed by atoms with E-state index >= 15 is 0 Å². The van der Waals surface area contributed by atoms with Gasteiger partial charge in [0.25, 0.3) is 0 Å². The smallest absolute Gasteiger partial charge is 0.220 e. The van der Waals surface area contributed by atoms with E-state index in [4.69, 9.17) is 4.74 Å². The lowest BCUT2D eigenvalue weighted by Crippen LogP contribution is -2.26. The van der Waals surface area contributed by atoms with E-state index < -0.39 is 0 Å². The summed E-state index contributed by atoms with van der Waals surface area (Å²) in [6, 6.07) is 0. The largest absolute Gasteiger partial charge is 0.497 e. The summed E-state index contributed by atoms with van der Waals surface area (Å²) in [7, 11) is 0. The van der Waals surface area contributed by atoms with Crippen molar-refractivity contribution in [3.8, 4) is 0 Å². The number of hydrogen-bond acceptors (Lipinski definition) is 2. The summed E-state index contributed by atoms with van der Waals surface area (Å²) < 4.78 is 5.21. The number of amides is 1. The molecule has 0 aromatic carbocycles. The molecule has 0 atom stereocenters. The van der Waals surface area contributed by atoms with E-state index in [-0.39, 0.29) is 5.91 Å². The highest BCUT2D eigenvalue weighted by Crippen LogP contribution is 2.12. The molecule has 0 aliphatic rings. The van der Waals surface area contributed by atoms with E-state index in [1.165, 1.54) is 77.0 Å². The van der Waals surface area contributed by atoms with E-state index in [0.29, 0.717) is 25.3 Å². The zero-order valence-corrected chi connectivity index (χ0v) is 16.3. The van der Waals surface area contributed by atoms with Gasteiger partial charge in [0.2, 0.25) is 5.91 Å². The third kappa shape index (κ3) is 19.1. The molecule has 24 heavy (non-hydrogen) atoms. The average Bonchev–Trinajstić information content (AvgIpc) is 2.55. The van der Waals surface area contributed by atoms with Crippen LogP contribution in [0.5, 0.6) is 0 Å². The Morgan fingerprint density at radius 3 is 1.75 bits per heavy atom. The molecule has 0 bridgehead atoms. The van der Waals surface area contributed by atoms with E-state index in [0.717, 1.165) is 6.42 Å². The van der Waals surface area contributed by atoms with Gasteiger partial charge in [-0.25, -0.2) is 0 Å². The number of nitrogens with one attached hydrogen (secondary N) is 1. The third-order valence-electron chi connectivity index (χ3n) is 4.28. The first-order chi connectivity index (χ1) is 11.7. The van der Waals surface area contributed by atoms with Gasteiger partial charge < -0.3 is 10.1 Å². The second-order valence-electron chi connectivity index (χ2n) is 6.89. The Kier molecular flexibility index (Phi) is 17.6. The van der Waals surface area contributed by atoms with Crippen molar-refractivity contribution in [3.63, 3.8) is 0 Å². The third-order valence-corrected chi connectivity index (χ3v) is 4.28. The second-order valence-corrected chi connectivity index (χ2v) is 6.89. The molecule has 0 saturated heterocycles. The van der Waals surface area contributed by atoms with Crippen LogP contribution >= 0.6 is 0 Å². The molecule has 0 heterocycles. The highest BCUT2D eigenvalue weighted by atomic mass is 16.5. The highest BCUT2D eigenvalue weighted by Gasteiger charge is 2.00. The lowest BCUT2D eigenvalue weighted by atomic mass is 10.0. The minimum atomic E-state index is 0.142. The molecule has 0 saturated carbocycles. The average molecular weight is 340 g/mol. The molecule has 0 aliphatic heterocycles. The van der Waals surface area contributed by atoms with Crippen LogP contribution in [0.15, 0.2) is 12.3 Å². The number of allylic oxidation sites excluding steroid dienone is 1. The molecule has 0 aliphatic carbocycles. The van der Waals surface area contributed by atoms with Gasteiger partial charge in [0, 0.05) is 6.42 Å². The summed E-state index contributed by atoms with van der Waals surface area (Å²) in [6.07, 6.45) is 18.0. The summed E-state index contributed by atoms with van der Waals surface area (Å²) in [5.74, 6) is 0.837. The van der Waals surface area contributed by atoms with Crippen LogP contribution in [0.25, 0.3) is 0 Å². The summed E-state index contributed by atoms with van der Waals surface area (Å²) >= 11 is 0. The molecule has 0 rings (SSSR count). The number of carbonyl (C=O) groups is 1. The van der Waals surface area contributed by atoms with E-state index in [1.54, 1.807) is 0 Å². The van der Waals surface area contributed by atoms with Gasteiger partial charge >= 0.3 is 0 Å². The van der Waals surface area contributed by atoms with Crippen LogP contribution in [-0.2, 0) is 9.53 Å². The highest BCUT2D eigenvalue weighted by molar-refractivity contribution is 5.75. The first kappa shape index (κ1) is 23.0. The molecule has 3 nitrogen and oxygen atoms in total. The zero-order chi connectivity index (χ0) is 17.9. The van der Waals surface area contributed by atoms with Crippen molar-refractivity contribution in [2.75, 3.05) is 13.2 Å². The maximum absolute atomic E-state index is 11.6. The van der Waals surface area contributed by atoms with Crippen molar-refractivity contribution in [1.82, 2.24) is 5.32 Å².